The Morgan fingerprint density at radius 2 is 2.05 bits per heavy atom. The third kappa shape index (κ3) is 3.23. The van der Waals surface area contributed by atoms with Gasteiger partial charge in [-0.3, -0.25) is 9.59 Å². The summed E-state index contributed by atoms with van der Waals surface area (Å²) in [5.74, 6) is -2.14. The Balaban J connectivity index is 2.02. The Hall–Kier alpha value is -1.62. The van der Waals surface area contributed by atoms with Crippen molar-refractivity contribution in [3.8, 4) is 0 Å². The first kappa shape index (κ1) is 13.8. The first-order valence-corrected chi connectivity index (χ1v) is 7.19. The monoisotopic (exact) mass is 279 g/mol. The SMILES string of the molecule is C[C@H](NC(=O)C1CC=CCC1C(=O)O)c1cccs1. The number of carboxylic acid groups (broad SMARTS) is 1. The van der Waals surface area contributed by atoms with Crippen LogP contribution >= 0.6 is 11.3 Å². The van der Waals surface area contributed by atoms with Crippen LogP contribution in [0.15, 0.2) is 29.7 Å². The summed E-state index contributed by atoms with van der Waals surface area (Å²) in [6, 6.07) is 3.82. The molecule has 0 aliphatic heterocycles. The Labute approximate surface area is 116 Å². The summed E-state index contributed by atoms with van der Waals surface area (Å²) < 4.78 is 0. The molecule has 1 heterocycles. The number of rotatable bonds is 4. The normalized spacial score (nSPS) is 23.8. The molecule has 4 nitrogen and oxygen atoms in total. The molecule has 2 rings (SSSR count). The summed E-state index contributed by atoms with van der Waals surface area (Å²) in [7, 11) is 0. The van der Waals surface area contributed by atoms with Gasteiger partial charge in [0.25, 0.3) is 0 Å². The second-order valence-electron chi connectivity index (χ2n) is 4.74. The van der Waals surface area contributed by atoms with Gasteiger partial charge >= 0.3 is 5.97 Å². The fourth-order valence-corrected chi connectivity index (χ4v) is 3.04. The highest BCUT2D eigenvalue weighted by Crippen LogP contribution is 2.27. The number of carbonyl (C=O) groups excluding carboxylic acids is 1. The summed E-state index contributed by atoms with van der Waals surface area (Å²) in [5.41, 5.74) is 0. The standard InChI is InChI=1S/C14H17NO3S/c1-9(12-7-4-8-19-12)15-13(16)10-5-2-3-6-11(10)14(17)18/h2-4,7-11H,5-6H2,1H3,(H,15,16)(H,17,18)/t9-,10?,11?/m0/s1. The van der Waals surface area contributed by atoms with Crippen molar-refractivity contribution in [1.82, 2.24) is 5.32 Å². The quantitative estimate of drug-likeness (QED) is 0.832. The summed E-state index contributed by atoms with van der Waals surface area (Å²) in [5, 5.41) is 14.0. The van der Waals surface area contributed by atoms with Crippen molar-refractivity contribution in [3.63, 3.8) is 0 Å². The van der Waals surface area contributed by atoms with E-state index in [0.29, 0.717) is 12.8 Å². The van der Waals surface area contributed by atoms with Crippen molar-refractivity contribution in [3.05, 3.63) is 34.5 Å². The third-order valence-electron chi connectivity index (χ3n) is 3.42. The maximum absolute atomic E-state index is 12.2. The average molecular weight is 279 g/mol. The van der Waals surface area contributed by atoms with Gasteiger partial charge in [0.15, 0.2) is 0 Å². The van der Waals surface area contributed by atoms with Crippen LogP contribution in [-0.2, 0) is 9.59 Å². The molecular weight excluding hydrogens is 262 g/mol. The number of amides is 1. The second kappa shape index (κ2) is 6.02. The van der Waals surface area contributed by atoms with Gasteiger partial charge in [-0.25, -0.2) is 0 Å². The predicted octanol–water partition coefficient (Wildman–Crippen LogP) is 2.59. The Bertz CT molecular complexity index is 481. The number of allylic oxidation sites excluding steroid dienone is 2. The summed E-state index contributed by atoms with van der Waals surface area (Å²) in [6.45, 7) is 1.91. The molecule has 102 valence electrons. The number of nitrogens with one attached hydrogen (secondary N) is 1. The Morgan fingerprint density at radius 1 is 1.37 bits per heavy atom. The highest BCUT2D eigenvalue weighted by molar-refractivity contribution is 7.10. The van der Waals surface area contributed by atoms with Crippen molar-refractivity contribution in [2.75, 3.05) is 0 Å². The molecule has 19 heavy (non-hydrogen) atoms. The van der Waals surface area contributed by atoms with Gasteiger partial charge in [-0.1, -0.05) is 18.2 Å². The first-order valence-electron chi connectivity index (χ1n) is 6.31. The van der Waals surface area contributed by atoms with Gasteiger partial charge in [0.05, 0.1) is 17.9 Å². The van der Waals surface area contributed by atoms with Crippen LogP contribution in [0, 0.1) is 11.8 Å². The van der Waals surface area contributed by atoms with Crippen LogP contribution in [0.4, 0.5) is 0 Å². The Kier molecular flexibility index (Phi) is 4.37. The zero-order valence-corrected chi connectivity index (χ0v) is 11.5. The lowest BCUT2D eigenvalue weighted by molar-refractivity contribution is -0.147. The smallest absolute Gasteiger partial charge is 0.307 e. The maximum atomic E-state index is 12.2. The molecule has 0 spiro atoms. The minimum atomic E-state index is -0.895. The minimum absolute atomic E-state index is 0.0761. The van der Waals surface area contributed by atoms with Crippen LogP contribution in [0.2, 0.25) is 0 Å². The van der Waals surface area contributed by atoms with E-state index in [4.69, 9.17) is 5.11 Å². The van der Waals surface area contributed by atoms with Crippen molar-refractivity contribution < 1.29 is 14.7 Å². The topological polar surface area (TPSA) is 66.4 Å². The fourth-order valence-electron chi connectivity index (χ4n) is 2.31. The van der Waals surface area contributed by atoms with Crippen LogP contribution in [0.25, 0.3) is 0 Å². The van der Waals surface area contributed by atoms with Crippen molar-refractivity contribution in [1.29, 1.82) is 0 Å². The molecule has 0 saturated heterocycles. The van der Waals surface area contributed by atoms with Crippen LogP contribution in [0.1, 0.15) is 30.7 Å². The molecule has 1 aliphatic rings. The summed E-state index contributed by atoms with van der Waals surface area (Å²) >= 11 is 1.58. The molecule has 1 aromatic heterocycles. The van der Waals surface area contributed by atoms with E-state index >= 15 is 0 Å². The lowest BCUT2D eigenvalue weighted by Crippen LogP contribution is -2.39. The van der Waals surface area contributed by atoms with Gasteiger partial charge in [-0.2, -0.15) is 0 Å². The van der Waals surface area contributed by atoms with E-state index in [1.165, 1.54) is 0 Å². The number of carboxylic acids is 1. The molecule has 0 bridgehead atoms. The summed E-state index contributed by atoms with van der Waals surface area (Å²) in [4.78, 5) is 24.5. The van der Waals surface area contributed by atoms with Gasteiger partial charge in [0, 0.05) is 4.88 Å². The lowest BCUT2D eigenvalue weighted by atomic mass is 9.82. The van der Waals surface area contributed by atoms with Gasteiger partial charge in [0.1, 0.15) is 0 Å². The van der Waals surface area contributed by atoms with Gasteiger partial charge in [0.2, 0.25) is 5.91 Å². The predicted molar refractivity (Wildman–Crippen MR) is 73.9 cm³/mol. The van der Waals surface area contributed by atoms with E-state index < -0.39 is 17.8 Å². The number of hydrogen-bond acceptors (Lipinski definition) is 3. The zero-order chi connectivity index (χ0) is 13.8. The number of aliphatic carboxylic acids is 1. The van der Waals surface area contributed by atoms with E-state index in [0.717, 1.165) is 4.88 Å². The summed E-state index contributed by atoms with van der Waals surface area (Å²) in [6.07, 6.45) is 4.66. The minimum Gasteiger partial charge on any atom is -0.481 e. The first-order chi connectivity index (χ1) is 9.09. The molecule has 0 saturated carbocycles. The zero-order valence-electron chi connectivity index (χ0n) is 10.7. The van der Waals surface area contributed by atoms with Crippen LogP contribution < -0.4 is 5.32 Å². The molecule has 1 aromatic rings. The third-order valence-corrected chi connectivity index (χ3v) is 4.47. The maximum Gasteiger partial charge on any atom is 0.307 e. The molecule has 0 fully saturated rings. The molecule has 2 N–H and O–H groups in total. The molecule has 1 amide bonds. The number of thiophene rings is 1. The van der Waals surface area contributed by atoms with Gasteiger partial charge in [-0.05, 0) is 31.2 Å². The lowest BCUT2D eigenvalue weighted by Gasteiger charge is -2.25. The van der Waals surface area contributed by atoms with E-state index in [9.17, 15) is 9.59 Å². The molecule has 0 aromatic carbocycles. The highest BCUT2D eigenvalue weighted by Gasteiger charge is 2.34. The largest absolute Gasteiger partial charge is 0.481 e. The van der Waals surface area contributed by atoms with Gasteiger partial charge < -0.3 is 10.4 Å². The molecule has 3 atom stereocenters. The molecule has 1 aliphatic carbocycles. The van der Waals surface area contributed by atoms with E-state index in [-0.39, 0.29) is 11.9 Å². The van der Waals surface area contributed by atoms with E-state index in [1.54, 1.807) is 11.3 Å². The van der Waals surface area contributed by atoms with Crippen LogP contribution in [0.5, 0.6) is 0 Å². The van der Waals surface area contributed by atoms with Crippen molar-refractivity contribution >= 4 is 23.2 Å². The van der Waals surface area contributed by atoms with Crippen LogP contribution in [-0.4, -0.2) is 17.0 Å². The van der Waals surface area contributed by atoms with Crippen molar-refractivity contribution in [2.45, 2.75) is 25.8 Å². The van der Waals surface area contributed by atoms with Crippen molar-refractivity contribution in [2.24, 2.45) is 11.8 Å². The Morgan fingerprint density at radius 3 is 2.63 bits per heavy atom. The van der Waals surface area contributed by atoms with Crippen LogP contribution in [0.3, 0.4) is 0 Å². The fraction of sp³-hybridized carbons (Fsp3) is 0.429. The molecule has 0 radical (unpaired) electrons. The highest BCUT2D eigenvalue weighted by atomic mass is 32.1. The number of hydrogen-bond donors (Lipinski definition) is 2. The van der Waals surface area contributed by atoms with E-state index in [1.807, 2.05) is 36.6 Å². The van der Waals surface area contributed by atoms with E-state index in [2.05, 4.69) is 5.32 Å². The average Bonchev–Trinajstić information content (AvgIpc) is 2.92. The second-order valence-corrected chi connectivity index (χ2v) is 5.72. The molecule has 5 heteroatoms. The number of carbonyl (C=O) groups is 2. The molecular formula is C14H17NO3S. The molecule has 2 unspecified atom stereocenters. The van der Waals surface area contributed by atoms with Gasteiger partial charge in [-0.15, -0.1) is 11.3 Å².